The first-order valence-corrected chi connectivity index (χ1v) is 9.63. The summed E-state index contributed by atoms with van der Waals surface area (Å²) in [4.78, 5) is 24.3. The largest absolute Gasteiger partial charge is 0.349 e. The molecule has 7 nitrogen and oxygen atoms in total. The first-order valence-electron chi connectivity index (χ1n) is 8.15. The van der Waals surface area contributed by atoms with Gasteiger partial charge in [-0.25, -0.2) is 13.1 Å². The molecular formula is C18H19N3O4S. The van der Waals surface area contributed by atoms with Crippen LogP contribution in [-0.2, 0) is 10.0 Å². The van der Waals surface area contributed by atoms with Crippen molar-refractivity contribution in [2.75, 3.05) is 12.4 Å². The van der Waals surface area contributed by atoms with E-state index in [9.17, 15) is 18.0 Å². The lowest BCUT2D eigenvalue weighted by Gasteiger charge is -2.08. The Bertz CT molecular complexity index is 935. The Morgan fingerprint density at radius 3 is 2.27 bits per heavy atom. The fourth-order valence-corrected chi connectivity index (χ4v) is 3.10. The van der Waals surface area contributed by atoms with Crippen LogP contribution in [0, 0.1) is 0 Å². The quantitative estimate of drug-likeness (QED) is 0.717. The highest BCUT2D eigenvalue weighted by molar-refractivity contribution is 7.89. The molecule has 1 aliphatic carbocycles. The van der Waals surface area contributed by atoms with Gasteiger partial charge in [0.25, 0.3) is 11.8 Å². The molecule has 0 atom stereocenters. The lowest BCUT2D eigenvalue weighted by molar-refractivity contribution is 0.0950. The molecule has 2 aromatic rings. The van der Waals surface area contributed by atoms with Crippen LogP contribution in [0.4, 0.5) is 5.69 Å². The third kappa shape index (κ3) is 4.27. The zero-order valence-electron chi connectivity index (χ0n) is 14.2. The van der Waals surface area contributed by atoms with Crippen molar-refractivity contribution in [2.24, 2.45) is 0 Å². The number of sulfonamides is 1. The van der Waals surface area contributed by atoms with Gasteiger partial charge in [-0.3, -0.25) is 9.59 Å². The molecule has 0 saturated heterocycles. The minimum absolute atomic E-state index is 0.0137. The van der Waals surface area contributed by atoms with Crippen molar-refractivity contribution in [1.29, 1.82) is 0 Å². The van der Waals surface area contributed by atoms with Gasteiger partial charge in [0.1, 0.15) is 0 Å². The van der Waals surface area contributed by atoms with E-state index in [1.165, 1.54) is 31.3 Å². The Morgan fingerprint density at radius 1 is 0.962 bits per heavy atom. The summed E-state index contributed by atoms with van der Waals surface area (Å²) >= 11 is 0. The normalized spacial score (nSPS) is 13.9. The van der Waals surface area contributed by atoms with Gasteiger partial charge in [0.2, 0.25) is 10.0 Å². The summed E-state index contributed by atoms with van der Waals surface area (Å²) < 4.78 is 25.9. The maximum absolute atomic E-state index is 12.3. The number of carbonyl (C=O) groups is 2. The third-order valence-electron chi connectivity index (χ3n) is 3.99. The van der Waals surface area contributed by atoms with Crippen LogP contribution in [0.1, 0.15) is 33.6 Å². The number of amides is 2. The van der Waals surface area contributed by atoms with Gasteiger partial charge in [-0.15, -0.1) is 0 Å². The van der Waals surface area contributed by atoms with E-state index in [4.69, 9.17) is 0 Å². The molecule has 136 valence electrons. The standard InChI is InChI=1S/C18H19N3O4S/c1-19-26(24,25)16-4-2-3-13(11-16)18(23)21-14-7-5-12(6-8-14)17(22)20-15-9-10-15/h2-8,11,15,19H,9-10H2,1H3,(H,20,22)(H,21,23). The topological polar surface area (TPSA) is 104 Å². The highest BCUT2D eigenvalue weighted by Gasteiger charge is 2.23. The monoisotopic (exact) mass is 373 g/mol. The van der Waals surface area contributed by atoms with E-state index in [0.717, 1.165) is 12.8 Å². The highest BCUT2D eigenvalue weighted by Crippen LogP contribution is 2.20. The van der Waals surface area contributed by atoms with E-state index in [-0.39, 0.29) is 22.4 Å². The van der Waals surface area contributed by atoms with Crippen molar-refractivity contribution in [2.45, 2.75) is 23.8 Å². The molecule has 26 heavy (non-hydrogen) atoms. The Morgan fingerprint density at radius 2 is 1.65 bits per heavy atom. The van der Waals surface area contributed by atoms with Crippen LogP contribution in [0.5, 0.6) is 0 Å². The van der Waals surface area contributed by atoms with Crippen LogP contribution in [0.3, 0.4) is 0 Å². The van der Waals surface area contributed by atoms with Crippen molar-refractivity contribution in [3.05, 3.63) is 59.7 Å². The average molecular weight is 373 g/mol. The fourth-order valence-electron chi connectivity index (χ4n) is 2.33. The maximum atomic E-state index is 12.3. The van der Waals surface area contributed by atoms with E-state index < -0.39 is 15.9 Å². The van der Waals surface area contributed by atoms with Crippen LogP contribution in [0.25, 0.3) is 0 Å². The Labute approximate surface area is 151 Å². The summed E-state index contributed by atoms with van der Waals surface area (Å²) in [6, 6.07) is 12.6. The van der Waals surface area contributed by atoms with Crippen LogP contribution in [0.2, 0.25) is 0 Å². The number of benzene rings is 2. The van der Waals surface area contributed by atoms with E-state index in [0.29, 0.717) is 11.3 Å². The maximum Gasteiger partial charge on any atom is 0.255 e. The van der Waals surface area contributed by atoms with Gasteiger partial charge in [-0.05, 0) is 62.4 Å². The molecule has 0 heterocycles. The molecule has 0 bridgehead atoms. The first-order chi connectivity index (χ1) is 12.4. The minimum atomic E-state index is -3.62. The van der Waals surface area contributed by atoms with Gasteiger partial charge in [0, 0.05) is 22.9 Å². The number of nitrogens with one attached hydrogen (secondary N) is 3. The van der Waals surface area contributed by atoms with Crippen molar-refractivity contribution in [3.63, 3.8) is 0 Å². The Kier molecular flexibility index (Phi) is 5.06. The summed E-state index contributed by atoms with van der Waals surface area (Å²) in [6.07, 6.45) is 2.03. The smallest absolute Gasteiger partial charge is 0.255 e. The molecule has 3 N–H and O–H groups in total. The number of rotatable bonds is 6. The zero-order valence-corrected chi connectivity index (χ0v) is 15.0. The summed E-state index contributed by atoms with van der Waals surface area (Å²) in [7, 11) is -2.31. The number of anilines is 1. The number of carbonyl (C=O) groups excluding carboxylic acids is 2. The van der Waals surface area contributed by atoms with Crippen LogP contribution in [0.15, 0.2) is 53.4 Å². The molecule has 1 saturated carbocycles. The Hall–Kier alpha value is -2.71. The minimum Gasteiger partial charge on any atom is -0.349 e. The number of hydrogen-bond acceptors (Lipinski definition) is 4. The van der Waals surface area contributed by atoms with Crippen molar-refractivity contribution >= 4 is 27.5 Å². The summed E-state index contributed by atoms with van der Waals surface area (Å²) in [5.74, 6) is -0.566. The van der Waals surface area contributed by atoms with E-state index >= 15 is 0 Å². The molecule has 3 rings (SSSR count). The molecule has 0 aromatic heterocycles. The van der Waals surface area contributed by atoms with Gasteiger partial charge in [-0.2, -0.15) is 0 Å². The van der Waals surface area contributed by atoms with Gasteiger partial charge in [-0.1, -0.05) is 6.07 Å². The molecule has 1 fully saturated rings. The Balaban J connectivity index is 1.69. The summed E-state index contributed by atoms with van der Waals surface area (Å²) in [5.41, 5.74) is 1.26. The van der Waals surface area contributed by atoms with Crippen molar-refractivity contribution in [1.82, 2.24) is 10.0 Å². The molecule has 8 heteroatoms. The predicted octanol–water partition coefficient (Wildman–Crippen LogP) is 1.74. The lowest BCUT2D eigenvalue weighted by atomic mass is 10.1. The molecule has 0 spiro atoms. The molecule has 0 unspecified atom stereocenters. The van der Waals surface area contributed by atoms with Gasteiger partial charge in [0.05, 0.1) is 4.90 Å². The average Bonchev–Trinajstić information content (AvgIpc) is 3.46. The van der Waals surface area contributed by atoms with Crippen LogP contribution in [-0.4, -0.2) is 33.3 Å². The molecule has 1 aliphatic rings. The second-order valence-corrected chi connectivity index (χ2v) is 7.90. The van der Waals surface area contributed by atoms with Gasteiger partial charge < -0.3 is 10.6 Å². The fraction of sp³-hybridized carbons (Fsp3) is 0.222. The second-order valence-electron chi connectivity index (χ2n) is 6.01. The second kappa shape index (κ2) is 7.27. The molecule has 2 amide bonds. The van der Waals surface area contributed by atoms with E-state index in [2.05, 4.69) is 15.4 Å². The summed E-state index contributed by atoms with van der Waals surface area (Å²) in [6.45, 7) is 0. The van der Waals surface area contributed by atoms with Crippen molar-refractivity contribution < 1.29 is 18.0 Å². The number of hydrogen-bond donors (Lipinski definition) is 3. The van der Waals surface area contributed by atoms with Gasteiger partial charge in [0.15, 0.2) is 0 Å². The SMILES string of the molecule is CNS(=O)(=O)c1cccc(C(=O)Nc2ccc(C(=O)NC3CC3)cc2)c1. The van der Waals surface area contributed by atoms with E-state index in [1.54, 1.807) is 24.3 Å². The molecule has 2 aromatic carbocycles. The first kappa shape index (κ1) is 18.1. The lowest BCUT2D eigenvalue weighted by Crippen LogP contribution is -2.25. The van der Waals surface area contributed by atoms with Crippen molar-refractivity contribution in [3.8, 4) is 0 Å². The summed E-state index contributed by atoms with van der Waals surface area (Å²) in [5, 5.41) is 5.58. The van der Waals surface area contributed by atoms with E-state index in [1.807, 2.05) is 0 Å². The van der Waals surface area contributed by atoms with Crippen LogP contribution < -0.4 is 15.4 Å². The third-order valence-corrected chi connectivity index (χ3v) is 5.40. The van der Waals surface area contributed by atoms with Gasteiger partial charge >= 0.3 is 0 Å². The highest BCUT2D eigenvalue weighted by atomic mass is 32.2. The van der Waals surface area contributed by atoms with Crippen LogP contribution >= 0.6 is 0 Å². The molecule has 0 radical (unpaired) electrons. The zero-order chi connectivity index (χ0) is 18.7. The molecule has 0 aliphatic heterocycles. The predicted molar refractivity (Wildman–Crippen MR) is 97.6 cm³/mol. The molecular weight excluding hydrogens is 354 g/mol.